The highest BCUT2D eigenvalue weighted by Gasteiger charge is 2.29. The van der Waals surface area contributed by atoms with Crippen molar-refractivity contribution in [2.45, 2.75) is 59.0 Å². The Balaban J connectivity index is 1.87. The Bertz CT molecular complexity index is 469. The van der Waals surface area contributed by atoms with Crippen LogP contribution in [0.15, 0.2) is 24.3 Å². The molecule has 1 fully saturated rings. The van der Waals surface area contributed by atoms with Crippen molar-refractivity contribution in [3.63, 3.8) is 0 Å². The number of carbonyl (C=O) groups is 1. The molecular formula is C19H30N2O. The quantitative estimate of drug-likeness (QED) is 0.874. The SMILES string of the molecule is CCC(=O)N1CC[C@H](NCc2ccc(CC)cc2)[C@H](CC)C1. The van der Waals surface area contributed by atoms with Crippen LogP contribution in [0.4, 0.5) is 0 Å². The van der Waals surface area contributed by atoms with Crippen LogP contribution in [-0.2, 0) is 17.8 Å². The Kier molecular flexibility index (Phi) is 6.44. The molecule has 1 N–H and O–H groups in total. The molecule has 2 atom stereocenters. The monoisotopic (exact) mass is 302 g/mol. The number of nitrogens with zero attached hydrogens (tertiary/aromatic N) is 1. The molecule has 1 amide bonds. The van der Waals surface area contributed by atoms with E-state index < -0.39 is 0 Å². The average Bonchev–Trinajstić information content (AvgIpc) is 2.59. The van der Waals surface area contributed by atoms with Crippen LogP contribution in [0.5, 0.6) is 0 Å². The molecule has 0 bridgehead atoms. The number of piperidine rings is 1. The lowest BCUT2D eigenvalue weighted by Gasteiger charge is -2.38. The van der Waals surface area contributed by atoms with Gasteiger partial charge in [-0.05, 0) is 29.9 Å². The molecule has 22 heavy (non-hydrogen) atoms. The maximum absolute atomic E-state index is 11.9. The van der Waals surface area contributed by atoms with Crippen LogP contribution >= 0.6 is 0 Å². The molecule has 0 aromatic heterocycles. The van der Waals surface area contributed by atoms with Crippen LogP contribution in [0.2, 0.25) is 0 Å². The van der Waals surface area contributed by atoms with Crippen LogP contribution in [0.25, 0.3) is 0 Å². The minimum absolute atomic E-state index is 0.298. The van der Waals surface area contributed by atoms with Crippen LogP contribution < -0.4 is 5.32 Å². The molecule has 1 aliphatic heterocycles. The first-order valence-corrected chi connectivity index (χ1v) is 8.76. The van der Waals surface area contributed by atoms with Gasteiger partial charge < -0.3 is 10.2 Å². The van der Waals surface area contributed by atoms with Crippen molar-refractivity contribution in [1.29, 1.82) is 0 Å². The average molecular weight is 302 g/mol. The number of aryl methyl sites for hydroxylation is 1. The second-order valence-corrected chi connectivity index (χ2v) is 6.31. The Morgan fingerprint density at radius 1 is 1.18 bits per heavy atom. The Morgan fingerprint density at radius 3 is 2.45 bits per heavy atom. The number of amides is 1. The molecule has 1 saturated heterocycles. The van der Waals surface area contributed by atoms with Crippen LogP contribution in [0.3, 0.4) is 0 Å². The highest BCUT2D eigenvalue weighted by Crippen LogP contribution is 2.21. The second kappa shape index (κ2) is 8.33. The van der Waals surface area contributed by atoms with Gasteiger partial charge in [-0.2, -0.15) is 0 Å². The topological polar surface area (TPSA) is 32.3 Å². The molecule has 0 unspecified atom stereocenters. The summed E-state index contributed by atoms with van der Waals surface area (Å²) in [5.41, 5.74) is 2.74. The first kappa shape index (κ1) is 17.0. The van der Waals surface area contributed by atoms with Gasteiger partial charge in [0.15, 0.2) is 0 Å². The second-order valence-electron chi connectivity index (χ2n) is 6.31. The number of nitrogens with one attached hydrogen (secondary N) is 1. The van der Waals surface area contributed by atoms with Crippen LogP contribution in [-0.4, -0.2) is 29.9 Å². The molecular weight excluding hydrogens is 272 g/mol. The summed E-state index contributed by atoms with van der Waals surface area (Å²) in [5, 5.41) is 3.72. The van der Waals surface area contributed by atoms with Crippen molar-refractivity contribution in [3.05, 3.63) is 35.4 Å². The third-order valence-corrected chi connectivity index (χ3v) is 4.91. The smallest absolute Gasteiger partial charge is 0.222 e. The molecule has 0 radical (unpaired) electrons. The van der Waals surface area contributed by atoms with Gasteiger partial charge in [-0.15, -0.1) is 0 Å². The lowest BCUT2D eigenvalue weighted by molar-refractivity contribution is -0.133. The number of hydrogen-bond acceptors (Lipinski definition) is 2. The third kappa shape index (κ3) is 4.33. The van der Waals surface area contributed by atoms with E-state index in [0.717, 1.165) is 38.9 Å². The number of benzene rings is 1. The molecule has 0 saturated carbocycles. The summed E-state index contributed by atoms with van der Waals surface area (Å²) < 4.78 is 0. The number of likely N-dealkylation sites (tertiary alicyclic amines) is 1. The molecule has 122 valence electrons. The van der Waals surface area contributed by atoms with E-state index in [1.165, 1.54) is 11.1 Å². The summed E-state index contributed by atoms with van der Waals surface area (Å²) in [6, 6.07) is 9.41. The van der Waals surface area contributed by atoms with Crippen molar-refractivity contribution < 1.29 is 4.79 Å². The fourth-order valence-electron chi connectivity index (χ4n) is 3.31. The Morgan fingerprint density at radius 2 is 1.86 bits per heavy atom. The molecule has 2 rings (SSSR count). The first-order valence-electron chi connectivity index (χ1n) is 8.76. The molecule has 1 aromatic rings. The number of carbonyl (C=O) groups excluding carboxylic acids is 1. The lowest BCUT2D eigenvalue weighted by Crippen LogP contribution is -2.50. The minimum Gasteiger partial charge on any atom is -0.342 e. The van der Waals surface area contributed by atoms with Crippen molar-refractivity contribution in [3.8, 4) is 0 Å². The molecule has 0 aliphatic carbocycles. The van der Waals surface area contributed by atoms with Crippen molar-refractivity contribution in [2.75, 3.05) is 13.1 Å². The van der Waals surface area contributed by atoms with E-state index in [4.69, 9.17) is 0 Å². The van der Waals surface area contributed by atoms with E-state index >= 15 is 0 Å². The van der Waals surface area contributed by atoms with Crippen molar-refractivity contribution >= 4 is 5.91 Å². The van der Waals surface area contributed by atoms with Gasteiger partial charge in [-0.3, -0.25) is 4.79 Å². The summed E-state index contributed by atoms with van der Waals surface area (Å²) in [4.78, 5) is 13.9. The van der Waals surface area contributed by atoms with E-state index in [-0.39, 0.29) is 0 Å². The van der Waals surface area contributed by atoms with Gasteiger partial charge in [-0.25, -0.2) is 0 Å². The fourth-order valence-corrected chi connectivity index (χ4v) is 3.31. The third-order valence-electron chi connectivity index (χ3n) is 4.91. The zero-order valence-corrected chi connectivity index (χ0v) is 14.3. The van der Waals surface area contributed by atoms with Gasteiger partial charge in [0.1, 0.15) is 0 Å². The van der Waals surface area contributed by atoms with Crippen molar-refractivity contribution in [2.24, 2.45) is 5.92 Å². The molecule has 3 heteroatoms. The van der Waals surface area contributed by atoms with Crippen LogP contribution in [0, 0.1) is 5.92 Å². The van der Waals surface area contributed by atoms with Gasteiger partial charge >= 0.3 is 0 Å². The van der Waals surface area contributed by atoms with Gasteiger partial charge in [0.2, 0.25) is 5.91 Å². The van der Waals surface area contributed by atoms with Gasteiger partial charge in [0.05, 0.1) is 0 Å². The predicted octanol–water partition coefficient (Wildman–Crippen LogP) is 3.38. The van der Waals surface area contributed by atoms with Gasteiger partial charge in [0, 0.05) is 32.1 Å². The van der Waals surface area contributed by atoms with Gasteiger partial charge in [0.25, 0.3) is 0 Å². The predicted molar refractivity (Wildman–Crippen MR) is 91.7 cm³/mol. The fraction of sp³-hybridized carbons (Fsp3) is 0.632. The van der Waals surface area contributed by atoms with Gasteiger partial charge in [-0.1, -0.05) is 51.5 Å². The summed E-state index contributed by atoms with van der Waals surface area (Å²) in [6.45, 7) is 9.10. The van der Waals surface area contributed by atoms with E-state index in [2.05, 4.69) is 43.4 Å². The summed E-state index contributed by atoms with van der Waals surface area (Å²) in [5.74, 6) is 0.867. The molecule has 3 nitrogen and oxygen atoms in total. The number of hydrogen-bond donors (Lipinski definition) is 1. The molecule has 0 spiro atoms. The lowest BCUT2D eigenvalue weighted by atomic mass is 9.89. The Hall–Kier alpha value is -1.35. The number of rotatable bonds is 6. The highest BCUT2D eigenvalue weighted by atomic mass is 16.2. The zero-order valence-electron chi connectivity index (χ0n) is 14.3. The van der Waals surface area contributed by atoms with Crippen LogP contribution in [0.1, 0.15) is 51.2 Å². The standard InChI is InChI=1S/C19H30N2O/c1-4-15-7-9-16(10-8-15)13-20-18-11-12-21(19(22)6-3)14-17(18)5-2/h7-10,17-18,20H,4-6,11-14H2,1-3H3/t17-,18+/m1/s1. The minimum atomic E-state index is 0.298. The van der Waals surface area contributed by atoms with E-state index in [1.54, 1.807) is 0 Å². The summed E-state index contributed by atoms with van der Waals surface area (Å²) >= 11 is 0. The molecule has 1 aromatic carbocycles. The Labute approximate surface area is 135 Å². The largest absolute Gasteiger partial charge is 0.342 e. The summed E-state index contributed by atoms with van der Waals surface area (Å²) in [7, 11) is 0. The molecule has 1 heterocycles. The van der Waals surface area contributed by atoms with E-state index in [0.29, 0.717) is 24.3 Å². The van der Waals surface area contributed by atoms with E-state index in [9.17, 15) is 4.79 Å². The maximum Gasteiger partial charge on any atom is 0.222 e. The normalized spacial score (nSPS) is 21.9. The molecule has 1 aliphatic rings. The zero-order chi connectivity index (χ0) is 15.9. The van der Waals surface area contributed by atoms with Crippen molar-refractivity contribution in [1.82, 2.24) is 10.2 Å². The first-order chi connectivity index (χ1) is 10.7. The highest BCUT2D eigenvalue weighted by molar-refractivity contribution is 5.75. The van der Waals surface area contributed by atoms with E-state index in [1.807, 2.05) is 11.8 Å². The summed E-state index contributed by atoms with van der Waals surface area (Å²) in [6.07, 6.45) is 3.91. The maximum atomic E-state index is 11.9.